The van der Waals surface area contributed by atoms with E-state index in [1.54, 1.807) is 19.1 Å². The fourth-order valence-corrected chi connectivity index (χ4v) is 2.47. The van der Waals surface area contributed by atoms with Gasteiger partial charge in [0.2, 0.25) is 0 Å². The zero-order valence-corrected chi connectivity index (χ0v) is 11.2. The molecule has 0 aliphatic rings. The van der Waals surface area contributed by atoms with Gasteiger partial charge in [-0.1, -0.05) is 23.7 Å². The Bertz CT molecular complexity index is 553. The van der Waals surface area contributed by atoms with Crippen LogP contribution in [0.5, 0.6) is 0 Å². The summed E-state index contributed by atoms with van der Waals surface area (Å²) in [4.78, 5) is 15.4. The van der Waals surface area contributed by atoms with Gasteiger partial charge in [-0.15, -0.1) is 0 Å². The second-order valence-electron chi connectivity index (χ2n) is 3.90. The first kappa shape index (κ1) is 13.0. The van der Waals surface area contributed by atoms with Crippen LogP contribution in [0.3, 0.4) is 0 Å². The van der Waals surface area contributed by atoms with Crippen LogP contribution in [0.15, 0.2) is 24.3 Å². The molecule has 0 saturated heterocycles. The van der Waals surface area contributed by atoms with E-state index in [0.29, 0.717) is 22.3 Å². The van der Waals surface area contributed by atoms with E-state index in [2.05, 4.69) is 9.36 Å². The molecular weight excluding hydrogens is 272 g/mol. The van der Waals surface area contributed by atoms with Crippen molar-refractivity contribution in [1.82, 2.24) is 9.36 Å². The summed E-state index contributed by atoms with van der Waals surface area (Å²) in [5.74, 6) is -0.934. The molecule has 0 spiro atoms. The number of aryl methyl sites for hydroxylation is 1. The van der Waals surface area contributed by atoms with Crippen molar-refractivity contribution in [2.75, 3.05) is 0 Å². The number of halogens is 1. The van der Waals surface area contributed by atoms with Crippen LogP contribution in [0.1, 0.15) is 22.3 Å². The molecule has 0 saturated carbocycles. The zero-order valence-electron chi connectivity index (χ0n) is 9.63. The minimum atomic E-state index is -0.888. The van der Waals surface area contributed by atoms with Crippen molar-refractivity contribution >= 4 is 29.1 Å². The van der Waals surface area contributed by atoms with Crippen LogP contribution in [0.4, 0.5) is 0 Å². The van der Waals surface area contributed by atoms with E-state index in [4.69, 9.17) is 11.6 Å². The van der Waals surface area contributed by atoms with Gasteiger partial charge in [0.15, 0.2) is 0 Å². The lowest BCUT2D eigenvalue weighted by atomic mass is 10.0. The molecule has 0 fully saturated rings. The number of hydrogen-bond acceptors (Lipinski definition) is 4. The molecule has 1 aromatic carbocycles. The number of carboxylic acid groups (broad SMARTS) is 1. The summed E-state index contributed by atoms with van der Waals surface area (Å²) in [7, 11) is 0. The van der Waals surface area contributed by atoms with Crippen LogP contribution in [0, 0.1) is 6.92 Å². The Hall–Kier alpha value is -1.46. The summed E-state index contributed by atoms with van der Waals surface area (Å²) in [6.45, 7) is 1.75. The molecule has 1 N–H and O–H groups in total. The highest BCUT2D eigenvalue weighted by Crippen LogP contribution is 2.23. The Balaban J connectivity index is 2.22. The first-order valence-corrected chi connectivity index (χ1v) is 6.49. The highest BCUT2D eigenvalue weighted by atomic mass is 35.5. The molecule has 0 aliphatic carbocycles. The molecule has 0 amide bonds. The molecule has 1 unspecified atom stereocenters. The summed E-state index contributed by atoms with van der Waals surface area (Å²) < 4.78 is 4.02. The quantitative estimate of drug-likeness (QED) is 0.936. The fraction of sp³-hybridized carbons (Fsp3) is 0.250. The Kier molecular flexibility index (Phi) is 3.93. The molecule has 1 heterocycles. The largest absolute Gasteiger partial charge is 0.481 e. The van der Waals surface area contributed by atoms with Gasteiger partial charge in [-0.3, -0.25) is 4.79 Å². The molecule has 1 atom stereocenters. The van der Waals surface area contributed by atoms with Gasteiger partial charge in [-0.05, 0) is 42.6 Å². The molecule has 0 bridgehead atoms. The first-order valence-electron chi connectivity index (χ1n) is 5.33. The average Bonchev–Trinajstić information content (AvgIpc) is 2.74. The molecule has 2 rings (SSSR count). The third-order valence-corrected chi connectivity index (χ3v) is 3.66. The number of nitrogens with zero attached hydrogens (tertiary/aromatic N) is 2. The molecule has 6 heteroatoms. The van der Waals surface area contributed by atoms with Gasteiger partial charge in [0.25, 0.3) is 0 Å². The Morgan fingerprint density at radius 3 is 2.61 bits per heavy atom. The van der Waals surface area contributed by atoms with Gasteiger partial charge in [-0.25, -0.2) is 4.98 Å². The lowest BCUT2D eigenvalue weighted by Crippen LogP contribution is -2.14. The fourth-order valence-electron chi connectivity index (χ4n) is 1.59. The molecule has 4 nitrogen and oxygen atoms in total. The second kappa shape index (κ2) is 5.46. The second-order valence-corrected chi connectivity index (χ2v) is 5.12. The van der Waals surface area contributed by atoms with E-state index in [0.717, 1.165) is 17.1 Å². The maximum Gasteiger partial charge on any atom is 0.313 e. The topological polar surface area (TPSA) is 63.1 Å². The van der Waals surface area contributed by atoms with E-state index in [1.165, 1.54) is 0 Å². The first-order chi connectivity index (χ1) is 8.56. The molecular formula is C12H11ClN2O2S. The van der Waals surface area contributed by atoms with Crippen molar-refractivity contribution in [3.63, 3.8) is 0 Å². The van der Waals surface area contributed by atoms with E-state index in [-0.39, 0.29) is 0 Å². The van der Waals surface area contributed by atoms with Crippen LogP contribution in [-0.4, -0.2) is 20.4 Å². The SMILES string of the molecule is Cc1nsc(C(Cc2ccc(Cl)cc2)C(=O)O)n1. The Morgan fingerprint density at radius 1 is 1.44 bits per heavy atom. The normalized spacial score (nSPS) is 12.3. The highest BCUT2D eigenvalue weighted by Gasteiger charge is 2.24. The van der Waals surface area contributed by atoms with Crippen LogP contribution in [0.25, 0.3) is 0 Å². The third kappa shape index (κ3) is 3.05. The van der Waals surface area contributed by atoms with Crippen molar-refractivity contribution in [2.24, 2.45) is 0 Å². The molecule has 1 aromatic heterocycles. The van der Waals surface area contributed by atoms with Gasteiger partial charge in [0.1, 0.15) is 16.7 Å². The minimum Gasteiger partial charge on any atom is -0.481 e. The summed E-state index contributed by atoms with van der Waals surface area (Å²) in [5, 5.41) is 10.4. The van der Waals surface area contributed by atoms with Crippen LogP contribution >= 0.6 is 23.1 Å². The van der Waals surface area contributed by atoms with E-state index in [1.807, 2.05) is 12.1 Å². The van der Waals surface area contributed by atoms with E-state index >= 15 is 0 Å². The molecule has 0 aliphatic heterocycles. The number of aliphatic carboxylic acids is 1. The summed E-state index contributed by atoms with van der Waals surface area (Å²) >= 11 is 6.93. The van der Waals surface area contributed by atoms with Crippen molar-refractivity contribution < 1.29 is 9.90 Å². The lowest BCUT2D eigenvalue weighted by Gasteiger charge is -2.08. The van der Waals surface area contributed by atoms with Gasteiger partial charge < -0.3 is 5.11 Å². The van der Waals surface area contributed by atoms with Crippen molar-refractivity contribution in [3.05, 3.63) is 45.7 Å². The minimum absolute atomic E-state index is 0.390. The van der Waals surface area contributed by atoms with Crippen LogP contribution in [-0.2, 0) is 11.2 Å². The predicted molar refractivity (Wildman–Crippen MR) is 70.2 cm³/mol. The van der Waals surface area contributed by atoms with Gasteiger partial charge in [0.05, 0.1) is 0 Å². The number of carbonyl (C=O) groups is 1. The van der Waals surface area contributed by atoms with Crippen molar-refractivity contribution in [1.29, 1.82) is 0 Å². The maximum absolute atomic E-state index is 11.3. The number of carboxylic acids is 1. The van der Waals surface area contributed by atoms with Gasteiger partial charge in [-0.2, -0.15) is 4.37 Å². The number of benzene rings is 1. The lowest BCUT2D eigenvalue weighted by molar-refractivity contribution is -0.138. The average molecular weight is 283 g/mol. The zero-order chi connectivity index (χ0) is 13.1. The van der Waals surface area contributed by atoms with E-state index in [9.17, 15) is 9.90 Å². The predicted octanol–water partition coefficient (Wildman–Crippen LogP) is 2.91. The molecule has 94 valence electrons. The van der Waals surface area contributed by atoms with Crippen molar-refractivity contribution in [3.8, 4) is 0 Å². The number of rotatable bonds is 4. The van der Waals surface area contributed by atoms with Crippen molar-refractivity contribution in [2.45, 2.75) is 19.3 Å². The van der Waals surface area contributed by atoms with Gasteiger partial charge >= 0.3 is 5.97 Å². The summed E-state index contributed by atoms with van der Waals surface area (Å²) in [6.07, 6.45) is 0.390. The number of aromatic nitrogens is 2. The Morgan fingerprint density at radius 2 is 2.11 bits per heavy atom. The summed E-state index contributed by atoms with van der Waals surface area (Å²) in [6, 6.07) is 7.15. The Labute approximate surface area is 113 Å². The highest BCUT2D eigenvalue weighted by molar-refractivity contribution is 7.05. The number of hydrogen-bond donors (Lipinski definition) is 1. The van der Waals surface area contributed by atoms with Crippen LogP contribution < -0.4 is 0 Å². The third-order valence-electron chi connectivity index (χ3n) is 2.49. The van der Waals surface area contributed by atoms with E-state index < -0.39 is 11.9 Å². The van der Waals surface area contributed by atoms with Gasteiger partial charge in [0, 0.05) is 5.02 Å². The maximum atomic E-state index is 11.3. The monoisotopic (exact) mass is 282 g/mol. The molecule has 2 aromatic rings. The smallest absolute Gasteiger partial charge is 0.313 e. The molecule has 18 heavy (non-hydrogen) atoms. The summed E-state index contributed by atoms with van der Waals surface area (Å²) in [5.41, 5.74) is 0.916. The standard InChI is InChI=1S/C12H11ClN2O2S/c1-7-14-11(18-15-7)10(12(16)17)6-8-2-4-9(13)5-3-8/h2-5,10H,6H2,1H3,(H,16,17). The molecule has 0 radical (unpaired) electrons. The van der Waals surface area contributed by atoms with Crippen LogP contribution in [0.2, 0.25) is 5.02 Å².